The average molecular weight is 378 g/mol. The van der Waals surface area contributed by atoms with E-state index in [0.717, 1.165) is 25.4 Å². The van der Waals surface area contributed by atoms with Crippen LogP contribution >= 0.6 is 11.6 Å². The molecule has 1 amide bonds. The normalized spacial score (nSPS) is 15.9. The van der Waals surface area contributed by atoms with Gasteiger partial charge in [-0.05, 0) is 38.1 Å². The van der Waals surface area contributed by atoms with Crippen molar-refractivity contribution in [3.63, 3.8) is 0 Å². The van der Waals surface area contributed by atoms with E-state index in [1.54, 1.807) is 11.0 Å². The first-order valence-corrected chi connectivity index (χ1v) is 9.10. The van der Waals surface area contributed by atoms with Gasteiger partial charge in [0.05, 0.1) is 0 Å². The van der Waals surface area contributed by atoms with E-state index in [1.807, 2.05) is 43.0 Å². The molecular formula is C18H24ClN5O2. The Balaban J connectivity index is 1.44. The molecule has 26 heavy (non-hydrogen) atoms. The van der Waals surface area contributed by atoms with Crippen LogP contribution in [0.4, 0.5) is 0 Å². The lowest BCUT2D eigenvalue weighted by molar-refractivity contribution is -0.141. The average Bonchev–Trinajstić information content (AvgIpc) is 3.19. The second kappa shape index (κ2) is 8.05. The van der Waals surface area contributed by atoms with Gasteiger partial charge in [-0.15, -0.1) is 0 Å². The van der Waals surface area contributed by atoms with Crippen LogP contribution in [0.5, 0.6) is 5.75 Å². The first-order valence-electron chi connectivity index (χ1n) is 8.72. The molecular weight excluding hydrogens is 354 g/mol. The second-order valence-corrected chi connectivity index (χ2v) is 7.27. The van der Waals surface area contributed by atoms with Crippen molar-refractivity contribution in [1.82, 2.24) is 24.6 Å². The highest BCUT2D eigenvalue weighted by atomic mass is 35.5. The molecule has 0 radical (unpaired) electrons. The van der Waals surface area contributed by atoms with Crippen molar-refractivity contribution in [3.05, 3.63) is 41.9 Å². The van der Waals surface area contributed by atoms with Gasteiger partial charge >= 0.3 is 0 Å². The van der Waals surface area contributed by atoms with Crippen molar-refractivity contribution in [2.75, 3.05) is 39.3 Å². The summed E-state index contributed by atoms with van der Waals surface area (Å²) in [7, 11) is 0. The molecule has 7 nitrogen and oxygen atoms in total. The lowest BCUT2D eigenvalue weighted by Gasteiger charge is -2.38. The lowest BCUT2D eigenvalue weighted by Crippen LogP contribution is -2.55. The van der Waals surface area contributed by atoms with Gasteiger partial charge in [-0.25, -0.2) is 9.67 Å². The van der Waals surface area contributed by atoms with Crippen LogP contribution in [-0.2, 0) is 10.3 Å². The Hall–Kier alpha value is -2.12. The third-order valence-electron chi connectivity index (χ3n) is 4.66. The van der Waals surface area contributed by atoms with E-state index in [2.05, 4.69) is 15.0 Å². The first kappa shape index (κ1) is 18.7. The topological polar surface area (TPSA) is 63.5 Å². The van der Waals surface area contributed by atoms with Crippen molar-refractivity contribution in [3.8, 4) is 5.75 Å². The van der Waals surface area contributed by atoms with Gasteiger partial charge < -0.3 is 9.64 Å². The van der Waals surface area contributed by atoms with Gasteiger partial charge in [0.25, 0.3) is 0 Å². The molecule has 0 N–H and O–H groups in total. The minimum Gasteiger partial charge on any atom is -0.492 e. The molecule has 1 aliphatic rings. The van der Waals surface area contributed by atoms with Crippen molar-refractivity contribution in [2.24, 2.45) is 0 Å². The highest BCUT2D eigenvalue weighted by molar-refractivity contribution is 6.30. The number of aromatic nitrogens is 3. The smallest absolute Gasteiger partial charge is 0.250 e. The van der Waals surface area contributed by atoms with Gasteiger partial charge in [0, 0.05) is 37.7 Å². The Morgan fingerprint density at radius 1 is 1.19 bits per heavy atom. The standard InChI is InChI=1S/C18H24ClN5O2/c1-18(2,24-14-20-13-21-24)17(25)23-9-7-22(8-10-23)11-12-26-16-5-3-15(19)4-6-16/h3-6,13-14H,7-12H2,1-2H3. The number of ether oxygens (including phenoxy) is 1. The number of hydrogen-bond donors (Lipinski definition) is 0. The van der Waals surface area contributed by atoms with E-state index >= 15 is 0 Å². The zero-order valence-corrected chi connectivity index (χ0v) is 15.9. The van der Waals surface area contributed by atoms with Gasteiger partial charge in [0.15, 0.2) is 0 Å². The van der Waals surface area contributed by atoms with Crippen LogP contribution in [0.15, 0.2) is 36.9 Å². The van der Waals surface area contributed by atoms with Crippen LogP contribution in [0.1, 0.15) is 13.8 Å². The lowest BCUT2D eigenvalue weighted by atomic mass is 10.0. The van der Waals surface area contributed by atoms with Crippen LogP contribution in [0.3, 0.4) is 0 Å². The summed E-state index contributed by atoms with van der Waals surface area (Å²) < 4.78 is 7.35. The van der Waals surface area contributed by atoms with Gasteiger partial charge in [-0.2, -0.15) is 5.10 Å². The Kier molecular flexibility index (Phi) is 5.78. The monoisotopic (exact) mass is 377 g/mol. The van der Waals surface area contributed by atoms with E-state index in [4.69, 9.17) is 16.3 Å². The summed E-state index contributed by atoms with van der Waals surface area (Å²) in [6.45, 7) is 8.27. The largest absolute Gasteiger partial charge is 0.492 e. The summed E-state index contributed by atoms with van der Waals surface area (Å²) in [6, 6.07) is 7.37. The van der Waals surface area contributed by atoms with E-state index in [-0.39, 0.29) is 5.91 Å². The molecule has 3 rings (SSSR count). The van der Waals surface area contributed by atoms with Crippen molar-refractivity contribution in [2.45, 2.75) is 19.4 Å². The molecule has 0 bridgehead atoms. The molecule has 1 aromatic carbocycles. The Bertz CT molecular complexity index is 710. The third-order valence-corrected chi connectivity index (χ3v) is 4.92. The van der Waals surface area contributed by atoms with Crippen LogP contribution < -0.4 is 4.74 Å². The molecule has 8 heteroatoms. The maximum Gasteiger partial charge on any atom is 0.250 e. The molecule has 0 atom stereocenters. The number of rotatable bonds is 6. The second-order valence-electron chi connectivity index (χ2n) is 6.84. The van der Waals surface area contributed by atoms with E-state index in [0.29, 0.717) is 24.7 Å². The maximum absolute atomic E-state index is 12.8. The summed E-state index contributed by atoms with van der Waals surface area (Å²) in [4.78, 5) is 21.0. The molecule has 0 aliphatic carbocycles. The Morgan fingerprint density at radius 3 is 2.50 bits per heavy atom. The fraction of sp³-hybridized carbons (Fsp3) is 0.500. The highest BCUT2D eigenvalue weighted by Gasteiger charge is 2.35. The minimum absolute atomic E-state index is 0.0695. The Morgan fingerprint density at radius 2 is 1.88 bits per heavy atom. The van der Waals surface area contributed by atoms with Crippen LogP contribution in [0, 0.1) is 0 Å². The molecule has 1 aromatic heterocycles. The summed E-state index contributed by atoms with van der Waals surface area (Å²) >= 11 is 5.87. The quantitative estimate of drug-likeness (QED) is 0.769. The van der Waals surface area contributed by atoms with Gasteiger partial charge in [-0.1, -0.05) is 11.6 Å². The predicted molar refractivity (Wildman–Crippen MR) is 99.3 cm³/mol. The summed E-state index contributed by atoms with van der Waals surface area (Å²) in [5, 5.41) is 4.82. The zero-order chi connectivity index (χ0) is 18.6. The van der Waals surface area contributed by atoms with Crippen LogP contribution in [0.25, 0.3) is 0 Å². The number of nitrogens with zero attached hydrogens (tertiary/aromatic N) is 5. The van der Waals surface area contributed by atoms with E-state index < -0.39 is 5.54 Å². The fourth-order valence-electron chi connectivity index (χ4n) is 2.98. The van der Waals surface area contributed by atoms with Crippen LogP contribution in [0.2, 0.25) is 5.02 Å². The van der Waals surface area contributed by atoms with Crippen molar-refractivity contribution >= 4 is 17.5 Å². The molecule has 1 saturated heterocycles. The van der Waals surface area contributed by atoms with Gasteiger partial charge in [0.2, 0.25) is 5.91 Å². The molecule has 140 valence electrons. The number of benzene rings is 1. The number of hydrogen-bond acceptors (Lipinski definition) is 5. The van der Waals surface area contributed by atoms with Crippen molar-refractivity contribution in [1.29, 1.82) is 0 Å². The summed E-state index contributed by atoms with van der Waals surface area (Å²) in [5.41, 5.74) is -0.726. The molecule has 2 heterocycles. The predicted octanol–water partition coefficient (Wildman–Crippen LogP) is 1.89. The third kappa shape index (κ3) is 4.34. The Labute approximate surface area is 158 Å². The number of halogens is 1. The van der Waals surface area contributed by atoms with Crippen molar-refractivity contribution < 1.29 is 9.53 Å². The van der Waals surface area contributed by atoms with E-state index in [1.165, 1.54) is 6.33 Å². The molecule has 2 aromatic rings. The molecule has 0 spiro atoms. The number of piperazine rings is 1. The maximum atomic E-state index is 12.8. The molecule has 1 aliphatic heterocycles. The van der Waals surface area contributed by atoms with Gasteiger partial charge in [0.1, 0.15) is 30.5 Å². The minimum atomic E-state index is -0.726. The number of amides is 1. The van der Waals surface area contributed by atoms with Gasteiger partial charge in [-0.3, -0.25) is 9.69 Å². The first-order chi connectivity index (χ1) is 12.5. The number of carbonyl (C=O) groups is 1. The molecule has 0 saturated carbocycles. The van der Waals surface area contributed by atoms with E-state index in [9.17, 15) is 4.79 Å². The molecule has 1 fully saturated rings. The number of carbonyl (C=O) groups excluding carboxylic acids is 1. The SMILES string of the molecule is CC(C)(C(=O)N1CCN(CCOc2ccc(Cl)cc2)CC1)n1cncn1. The van der Waals surface area contributed by atoms with Crippen LogP contribution in [-0.4, -0.2) is 69.8 Å². The summed E-state index contributed by atoms with van der Waals surface area (Å²) in [5.74, 6) is 0.887. The summed E-state index contributed by atoms with van der Waals surface area (Å²) in [6.07, 6.45) is 3.04. The highest BCUT2D eigenvalue weighted by Crippen LogP contribution is 2.19. The molecule has 0 unspecified atom stereocenters. The zero-order valence-electron chi connectivity index (χ0n) is 15.1. The fourth-order valence-corrected chi connectivity index (χ4v) is 3.11.